The Kier molecular flexibility index (Phi) is 5.30. The maximum Gasteiger partial charge on any atom is 0.255 e. The number of anilines is 2. The Bertz CT molecular complexity index is 779. The summed E-state index contributed by atoms with van der Waals surface area (Å²) in [5, 5.41) is 6.22. The van der Waals surface area contributed by atoms with Crippen molar-refractivity contribution in [2.75, 3.05) is 10.6 Å². The molecule has 2 aromatic carbocycles. The molecule has 0 saturated heterocycles. The molecule has 2 N–H and O–H groups in total. The second-order valence-electron chi connectivity index (χ2n) is 6.70. The zero-order valence-electron chi connectivity index (χ0n) is 14.2. The van der Waals surface area contributed by atoms with Crippen LogP contribution in [0.15, 0.2) is 42.5 Å². The van der Waals surface area contributed by atoms with E-state index in [1.165, 1.54) is 0 Å². The molecule has 0 bridgehead atoms. The van der Waals surface area contributed by atoms with Crippen molar-refractivity contribution in [3.8, 4) is 0 Å². The Morgan fingerprint density at radius 3 is 2.33 bits per heavy atom. The molecule has 0 aliphatic rings. The van der Waals surface area contributed by atoms with Crippen LogP contribution in [0.4, 0.5) is 11.4 Å². The zero-order chi connectivity index (χ0) is 17.9. The van der Waals surface area contributed by atoms with Gasteiger partial charge >= 0.3 is 0 Å². The van der Waals surface area contributed by atoms with Crippen molar-refractivity contribution >= 4 is 34.8 Å². The van der Waals surface area contributed by atoms with Crippen LogP contribution in [-0.4, -0.2) is 11.8 Å². The molecular formula is C19H21ClN2O2. The molecule has 0 aromatic heterocycles. The second-order valence-corrected chi connectivity index (χ2v) is 7.13. The Labute approximate surface area is 147 Å². The third kappa shape index (κ3) is 4.59. The van der Waals surface area contributed by atoms with Gasteiger partial charge in [-0.1, -0.05) is 44.5 Å². The first-order chi connectivity index (χ1) is 11.2. The lowest BCUT2D eigenvalue weighted by atomic mass is 9.95. The van der Waals surface area contributed by atoms with E-state index >= 15 is 0 Å². The number of rotatable bonds is 3. The Morgan fingerprint density at radius 2 is 1.71 bits per heavy atom. The van der Waals surface area contributed by atoms with Gasteiger partial charge in [-0.25, -0.2) is 0 Å². The van der Waals surface area contributed by atoms with E-state index < -0.39 is 5.41 Å². The molecule has 4 nitrogen and oxygen atoms in total. The van der Waals surface area contributed by atoms with E-state index in [4.69, 9.17) is 11.6 Å². The second kappa shape index (κ2) is 7.05. The summed E-state index contributed by atoms with van der Waals surface area (Å²) in [6.45, 7) is 7.43. The van der Waals surface area contributed by atoms with Crippen molar-refractivity contribution in [1.29, 1.82) is 0 Å². The SMILES string of the molecule is Cc1ccc(NC(=O)C(C)(C)C)cc1NC(=O)c1cccc(Cl)c1. The van der Waals surface area contributed by atoms with Gasteiger partial charge in [0.15, 0.2) is 0 Å². The summed E-state index contributed by atoms with van der Waals surface area (Å²) < 4.78 is 0. The third-order valence-corrected chi connectivity index (χ3v) is 3.75. The van der Waals surface area contributed by atoms with Gasteiger partial charge in [0, 0.05) is 27.4 Å². The van der Waals surface area contributed by atoms with E-state index in [9.17, 15) is 9.59 Å². The Balaban J connectivity index is 2.20. The van der Waals surface area contributed by atoms with Gasteiger partial charge in [-0.05, 0) is 42.8 Å². The normalized spacial score (nSPS) is 11.0. The van der Waals surface area contributed by atoms with Gasteiger partial charge in [-0.15, -0.1) is 0 Å². The monoisotopic (exact) mass is 344 g/mol. The highest BCUT2D eigenvalue weighted by atomic mass is 35.5. The number of amides is 2. The fourth-order valence-electron chi connectivity index (χ4n) is 1.98. The number of halogens is 1. The number of hydrogen-bond donors (Lipinski definition) is 2. The van der Waals surface area contributed by atoms with Gasteiger partial charge in [-0.3, -0.25) is 9.59 Å². The van der Waals surface area contributed by atoms with Crippen LogP contribution in [0.1, 0.15) is 36.7 Å². The van der Waals surface area contributed by atoms with Crippen LogP contribution in [0.2, 0.25) is 5.02 Å². The van der Waals surface area contributed by atoms with Crippen LogP contribution in [-0.2, 0) is 4.79 Å². The van der Waals surface area contributed by atoms with Gasteiger partial charge in [0.25, 0.3) is 5.91 Å². The lowest BCUT2D eigenvalue weighted by Gasteiger charge is -2.18. The van der Waals surface area contributed by atoms with Crippen molar-refractivity contribution < 1.29 is 9.59 Å². The number of aryl methyl sites for hydroxylation is 1. The van der Waals surface area contributed by atoms with Crippen molar-refractivity contribution in [3.63, 3.8) is 0 Å². The van der Waals surface area contributed by atoms with E-state index in [1.807, 2.05) is 39.8 Å². The van der Waals surface area contributed by atoms with Gasteiger partial charge in [0.1, 0.15) is 0 Å². The summed E-state index contributed by atoms with van der Waals surface area (Å²) >= 11 is 5.92. The van der Waals surface area contributed by atoms with Crippen molar-refractivity contribution in [2.45, 2.75) is 27.7 Å². The first kappa shape index (κ1) is 18.0. The van der Waals surface area contributed by atoms with E-state index in [1.54, 1.807) is 30.3 Å². The van der Waals surface area contributed by atoms with E-state index in [0.29, 0.717) is 22.0 Å². The molecule has 0 aliphatic heterocycles. The molecule has 0 unspecified atom stereocenters. The minimum atomic E-state index is -0.491. The highest BCUT2D eigenvalue weighted by Crippen LogP contribution is 2.23. The van der Waals surface area contributed by atoms with Gasteiger partial charge in [0.05, 0.1) is 0 Å². The first-order valence-electron chi connectivity index (χ1n) is 7.66. The summed E-state index contributed by atoms with van der Waals surface area (Å²) in [5.41, 5.74) is 2.17. The highest BCUT2D eigenvalue weighted by Gasteiger charge is 2.21. The predicted molar refractivity (Wildman–Crippen MR) is 98.7 cm³/mol. The molecule has 0 spiro atoms. The highest BCUT2D eigenvalue weighted by molar-refractivity contribution is 6.31. The van der Waals surface area contributed by atoms with Crippen molar-refractivity contribution in [3.05, 3.63) is 58.6 Å². The molecule has 0 atom stereocenters. The minimum Gasteiger partial charge on any atom is -0.326 e. The quantitative estimate of drug-likeness (QED) is 0.833. The number of nitrogens with one attached hydrogen (secondary N) is 2. The standard InChI is InChI=1S/C19H21ClN2O2/c1-12-8-9-15(21-18(24)19(2,3)4)11-16(12)22-17(23)13-6-5-7-14(20)10-13/h5-11H,1-4H3,(H,21,24)(H,22,23). The molecule has 2 amide bonds. The molecule has 126 valence electrons. The topological polar surface area (TPSA) is 58.2 Å². The largest absolute Gasteiger partial charge is 0.326 e. The maximum atomic E-state index is 12.4. The summed E-state index contributed by atoms with van der Waals surface area (Å²) in [4.78, 5) is 24.5. The summed E-state index contributed by atoms with van der Waals surface area (Å²) in [5.74, 6) is -0.335. The van der Waals surface area contributed by atoms with E-state index in [-0.39, 0.29) is 11.8 Å². The third-order valence-electron chi connectivity index (χ3n) is 3.51. The molecule has 5 heteroatoms. The van der Waals surface area contributed by atoms with Gasteiger partial charge in [0.2, 0.25) is 5.91 Å². The van der Waals surface area contributed by atoms with Crippen LogP contribution in [0.5, 0.6) is 0 Å². The first-order valence-corrected chi connectivity index (χ1v) is 8.03. The number of carbonyl (C=O) groups is 2. The zero-order valence-corrected chi connectivity index (χ0v) is 15.0. The molecule has 2 aromatic rings. The van der Waals surface area contributed by atoms with Crippen LogP contribution in [0.3, 0.4) is 0 Å². The molecule has 0 heterocycles. The average Bonchev–Trinajstić information content (AvgIpc) is 2.49. The smallest absolute Gasteiger partial charge is 0.255 e. The van der Waals surface area contributed by atoms with Gasteiger partial charge in [-0.2, -0.15) is 0 Å². The number of carbonyl (C=O) groups excluding carboxylic acids is 2. The molecule has 0 aliphatic carbocycles. The van der Waals surface area contributed by atoms with Crippen LogP contribution < -0.4 is 10.6 Å². The van der Waals surface area contributed by atoms with Gasteiger partial charge < -0.3 is 10.6 Å². The van der Waals surface area contributed by atoms with E-state index in [0.717, 1.165) is 5.56 Å². The summed E-state index contributed by atoms with van der Waals surface area (Å²) in [7, 11) is 0. The van der Waals surface area contributed by atoms with Crippen LogP contribution in [0, 0.1) is 12.3 Å². The molecule has 0 radical (unpaired) electrons. The van der Waals surface area contributed by atoms with E-state index in [2.05, 4.69) is 10.6 Å². The fourth-order valence-corrected chi connectivity index (χ4v) is 2.17. The maximum absolute atomic E-state index is 12.4. The molecule has 2 rings (SSSR count). The van der Waals surface area contributed by atoms with Crippen molar-refractivity contribution in [1.82, 2.24) is 0 Å². The predicted octanol–water partition coefficient (Wildman–Crippen LogP) is 4.89. The summed E-state index contributed by atoms with van der Waals surface area (Å²) in [6.07, 6.45) is 0. The Morgan fingerprint density at radius 1 is 1.00 bits per heavy atom. The average molecular weight is 345 g/mol. The summed E-state index contributed by atoms with van der Waals surface area (Å²) in [6, 6.07) is 12.2. The molecule has 0 saturated carbocycles. The minimum absolute atomic E-state index is 0.0847. The molecular weight excluding hydrogens is 324 g/mol. The lowest BCUT2D eigenvalue weighted by Crippen LogP contribution is -2.27. The van der Waals surface area contributed by atoms with Crippen LogP contribution in [0.25, 0.3) is 0 Å². The fraction of sp³-hybridized carbons (Fsp3) is 0.263. The molecule has 0 fully saturated rings. The lowest BCUT2D eigenvalue weighted by molar-refractivity contribution is -0.123. The van der Waals surface area contributed by atoms with Crippen LogP contribution >= 0.6 is 11.6 Å². The number of hydrogen-bond acceptors (Lipinski definition) is 2. The van der Waals surface area contributed by atoms with Crippen molar-refractivity contribution in [2.24, 2.45) is 5.41 Å². The Hall–Kier alpha value is -2.33. The number of benzene rings is 2. The molecule has 24 heavy (non-hydrogen) atoms.